The highest BCUT2D eigenvalue weighted by atomic mass is 19.2. The van der Waals surface area contributed by atoms with Gasteiger partial charge in [0.25, 0.3) is 0 Å². The predicted molar refractivity (Wildman–Crippen MR) is 251 cm³/mol. The minimum Gasteiger partial charge on any atom is -0.378 e. The fraction of sp³-hybridized carbons (Fsp3) is 0.527. The van der Waals surface area contributed by atoms with Crippen molar-refractivity contribution in [2.75, 3.05) is 6.61 Å². The molecule has 1 aliphatic heterocycles. The van der Waals surface area contributed by atoms with Crippen molar-refractivity contribution in [3.63, 3.8) is 0 Å². The van der Waals surface area contributed by atoms with Crippen molar-refractivity contribution < 1.29 is 22.3 Å². The molecule has 1 saturated heterocycles. The van der Waals surface area contributed by atoms with Crippen LogP contribution in [0.5, 0.6) is 0 Å². The second-order valence-corrected chi connectivity index (χ2v) is 18.1. The average Bonchev–Trinajstić information content (AvgIpc) is 3.21. The van der Waals surface area contributed by atoms with E-state index in [0.29, 0.717) is 28.4 Å². The van der Waals surface area contributed by atoms with Crippen LogP contribution in [-0.4, -0.2) is 12.7 Å². The molecule has 0 N–H and O–H groups in total. The Labute approximate surface area is 364 Å². The summed E-state index contributed by atoms with van der Waals surface area (Å²) < 4.78 is 55.8. The molecule has 2 fully saturated rings. The number of ether oxygens (including phenoxy) is 1. The summed E-state index contributed by atoms with van der Waals surface area (Å²) in [6, 6.07) is 22.0. The SMILES string of the molecule is CC1=CCC(C)CC1.CC1CCC(C)CC1.CC1CCC(C)OC1.Cc1ccc(C)c(F)c1.Cc1ccc(C)c(F)c1.Cc1ccc(C)c(F)c1F.Cc1ccc(C)cc1. The zero-order valence-corrected chi connectivity index (χ0v) is 39.9. The summed E-state index contributed by atoms with van der Waals surface area (Å²) in [6.07, 6.45) is 15.4. The van der Waals surface area contributed by atoms with E-state index in [1.807, 2.05) is 26.0 Å². The number of allylic oxidation sites excluding steroid dienone is 2. The van der Waals surface area contributed by atoms with Crippen LogP contribution in [0.2, 0.25) is 0 Å². The number of rotatable bonds is 0. The van der Waals surface area contributed by atoms with Crippen LogP contribution in [0.15, 0.2) is 84.4 Å². The number of aryl methyl sites for hydroxylation is 8. The van der Waals surface area contributed by atoms with Crippen LogP contribution in [0, 0.1) is 102 Å². The molecule has 3 unspecified atom stereocenters. The molecule has 7 rings (SSSR count). The molecule has 60 heavy (non-hydrogen) atoms. The molecule has 1 nitrogen and oxygen atoms in total. The maximum Gasteiger partial charge on any atom is 0.161 e. The van der Waals surface area contributed by atoms with Crippen LogP contribution in [0.25, 0.3) is 0 Å². The van der Waals surface area contributed by atoms with Crippen molar-refractivity contribution in [1.82, 2.24) is 0 Å². The van der Waals surface area contributed by atoms with E-state index in [1.165, 1.54) is 94.9 Å². The lowest BCUT2D eigenvalue weighted by atomic mass is 9.84. The van der Waals surface area contributed by atoms with Crippen LogP contribution in [0.3, 0.4) is 0 Å². The Hall–Kier alpha value is -3.70. The van der Waals surface area contributed by atoms with Gasteiger partial charge in [-0.05, 0) is 171 Å². The maximum atomic E-state index is 12.6. The van der Waals surface area contributed by atoms with E-state index in [1.54, 1.807) is 43.7 Å². The van der Waals surface area contributed by atoms with E-state index >= 15 is 0 Å². The van der Waals surface area contributed by atoms with E-state index in [-0.39, 0.29) is 11.6 Å². The smallest absolute Gasteiger partial charge is 0.161 e. The highest BCUT2D eigenvalue weighted by Crippen LogP contribution is 2.27. The minimum absolute atomic E-state index is 0.116. The third-order valence-corrected chi connectivity index (χ3v) is 11.3. The van der Waals surface area contributed by atoms with Gasteiger partial charge in [0.1, 0.15) is 11.6 Å². The lowest BCUT2D eigenvalue weighted by Crippen LogP contribution is -2.21. The quantitative estimate of drug-likeness (QED) is 0.127. The van der Waals surface area contributed by atoms with Crippen LogP contribution >= 0.6 is 0 Å². The summed E-state index contributed by atoms with van der Waals surface area (Å²) >= 11 is 0. The molecule has 4 aromatic carbocycles. The van der Waals surface area contributed by atoms with E-state index in [2.05, 4.69) is 85.7 Å². The van der Waals surface area contributed by atoms with Gasteiger partial charge in [-0.25, -0.2) is 17.6 Å². The molecule has 2 aliphatic carbocycles. The van der Waals surface area contributed by atoms with Gasteiger partial charge in [0.15, 0.2) is 11.6 Å². The third-order valence-electron chi connectivity index (χ3n) is 11.3. The molecule has 0 amide bonds. The largest absolute Gasteiger partial charge is 0.378 e. The summed E-state index contributed by atoms with van der Waals surface area (Å²) in [6.45, 7) is 29.2. The van der Waals surface area contributed by atoms with Gasteiger partial charge in [0.2, 0.25) is 0 Å². The molecule has 3 atom stereocenters. The van der Waals surface area contributed by atoms with Gasteiger partial charge in [-0.15, -0.1) is 0 Å². The van der Waals surface area contributed by atoms with E-state index in [0.717, 1.165) is 41.4 Å². The third kappa shape index (κ3) is 24.5. The second kappa shape index (κ2) is 29.5. The maximum absolute atomic E-state index is 12.6. The zero-order valence-electron chi connectivity index (χ0n) is 39.9. The van der Waals surface area contributed by atoms with E-state index < -0.39 is 11.6 Å². The van der Waals surface area contributed by atoms with E-state index in [9.17, 15) is 17.6 Å². The van der Waals surface area contributed by atoms with Crippen molar-refractivity contribution >= 4 is 0 Å². The van der Waals surface area contributed by atoms with Crippen molar-refractivity contribution in [3.8, 4) is 0 Å². The Morgan fingerprint density at radius 1 is 0.417 bits per heavy atom. The van der Waals surface area contributed by atoms with Crippen molar-refractivity contribution in [2.45, 2.75) is 161 Å². The molecule has 334 valence electrons. The highest BCUT2D eigenvalue weighted by Gasteiger charge is 2.14. The predicted octanol–water partition coefficient (Wildman–Crippen LogP) is 17.2. The average molecular weight is 833 g/mol. The Morgan fingerprint density at radius 3 is 1.07 bits per heavy atom. The molecule has 5 heteroatoms. The van der Waals surface area contributed by atoms with Crippen molar-refractivity contribution in [3.05, 3.63) is 152 Å². The molecule has 0 spiro atoms. The van der Waals surface area contributed by atoms with Crippen LogP contribution in [-0.2, 0) is 4.74 Å². The van der Waals surface area contributed by atoms with Crippen LogP contribution < -0.4 is 0 Å². The number of hydrogen-bond donors (Lipinski definition) is 0. The minimum atomic E-state index is -0.736. The Morgan fingerprint density at radius 2 is 0.783 bits per heavy atom. The number of halogens is 4. The van der Waals surface area contributed by atoms with Crippen molar-refractivity contribution in [1.29, 1.82) is 0 Å². The lowest BCUT2D eigenvalue weighted by molar-refractivity contribution is 0.000266. The fourth-order valence-corrected chi connectivity index (χ4v) is 6.31. The Balaban J connectivity index is 0.000000350. The van der Waals surface area contributed by atoms with Gasteiger partial charge in [-0.2, -0.15) is 0 Å². The lowest BCUT2D eigenvalue weighted by Gasteiger charge is -2.23. The van der Waals surface area contributed by atoms with Gasteiger partial charge in [0.05, 0.1) is 6.10 Å². The first-order valence-electron chi connectivity index (χ1n) is 22.3. The molecule has 0 radical (unpaired) electrons. The first-order chi connectivity index (χ1) is 28.2. The van der Waals surface area contributed by atoms with Crippen LogP contribution in [0.1, 0.15) is 144 Å². The van der Waals surface area contributed by atoms with Gasteiger partial charge < -0.3 is 4.74 Å². The first kappa shape index (κ1) is 54.3. The number of benzene rings is 4. The molecule has 4 aromatic rings. The Bertz CT molecular complexity index is 1660. The summed E-state index contributed by atoms with van der Waals surface area (Å²) in [5.41, 5.74) is 8.30. The molecule has 3 aliphatic rings. The molecular formula is C55H80F4O. The topological polar surface area (TPSA) is 9.23 Å². The Kier molecular flexibility index (Phi) is 26.7. The highest BCUT2D eigenvalue weighted by molar-refractivity contribution is 5.24. The standard InChI is InChI=1S/C8H8F2.2C8H9F.C8H16.C8H14.C8H10.C7H14O/c1-5-3-4-6(2)8(10)7(5)9;2*1-6-3-4-7(2)8(9)5-6;3*1-7-3-5-8(2)6-4-7;1-6-3-4-7(2)8-5-6/h3-4H,1-2H3;2*3-5H,1-2H3;7-8H,3-6H2,1-2H3;3,8H,4-6H2,1-2H3;3-6H,1-2H3;6-7H,3-5H2,1-2H3. The summed E-state index contributed by atoms with van der Waals surface area (Å²) in [5.74, 6) is 2.08. The summed E-state index contributed by atoms with van der Waals surface area (Å²) in [5, 5.41) is 0. The molecule has 0 aromatic heterocycles. The van der Waals surface area contributed by atoms with Crippen LogP contribution in [0.4, 0.5) is 17.6 Å². The summed E-state index contributed by atoms with van der Waals surface area (Å²) in [7, 11) is 0. The zero-order chi connectivity index (χ0) is 45.4. The van der Waals surface area contributed by atoms with Crippen molar-refractivity contribution in [2.24, 2.45) is 23.7 Å². The normalized spacial score (nSPS) is 20.4. The monoisotopic (exact) mass is 833 g/mol. The van der Waals surface area contributed by atoms with Gasteiger partial charge in [0, 0.05) is 6.61 Å². The van der Waals surface area contributed by atoms with Gasteiger partial charge >= 0.3 is 0 Å². The second-order valence-electron chi connectivity index (χ2n) is 18.1. The molecular weight excluding hydrogens is 753 g/mol. The summed E-state index contributed by atoms with van der Waals surface area (Å²) in [4.78, 5) is 0. The number of hydrogen-bond acceptors (Lipinski definition) is 1. The van der Waals surface area contributed by atoms with Gasteiger partial charge in [-0.1, -0.05) is 137 Å². The molecule has 0 bridgehead atoms. The molecule has 1 saturated carbocycles. The van der Waals surface area contributed by atoms with E-state index in [4.69, 9.17) is 4.74 Å². The van der Waals surface area contributed by atoms with Gasteiger partial charge in [-0.3, -0.25) is 0 Å². The fourth-order valence-electron chi connectivity index (χ4n) is 6.31. The first-order valence-corrected chi connectivity index (χ1v) is 22.3. The molecule has 1 heterocycles.